The van der Waals surface area contributed by atoms with Crippen molar-refractivity contribution in [1.82, 2.24) is 19.6 Å². The Labute approximate surface area is 197 Å². The highest BCUT2D eigenvalue weighted by Gasteiger charge is 2.21. The molecule has 0 fully saturated rings. The molecule has 3 aromatic rings. The maximum absolute atomic E-state index is 12.5. The largest absolute Gasteiger partial charge is 0.452 e. The quantitative estimate of drug-likeness (QED) is 0.331. The van der Waals surface area contributed by atoms with Crippen molar-refractivity contribution in [2.24, 2.45) is 7.05 Å². The number of amides is 1. The average molecular weight is 482 g/mol. The summed E-state index contributed by atoms with van der Waals surface area (Å²) >= 11 is 0. The van der Waals surface area contributed by atoms with Crippen molar-refractivity contribution in [2.45, 2.75) is 17.4 Å². The van der Waals surface area contributed by atoms with Crippen LogP contribution in [0.3, 0.4) is 0 Å². The van der Waals surface area contributed by atoms with E-state index in [1.54, 1.807) is 17.0 Å². The van der Waals surface area contributed by atoms with E-state index in [4.69, 9.17) is 10.00 Å². The van der Waals surface area contributed by atoms with Crippen molar-refractivity contribution in [3.05, 3.63) is 83.9 Å². The number of aromatic nitrogens is 2. The fourth-order valence-electron chi connectivity index (χ4n) is 3.11. The first-order chi connectivity index (χ1) is 16.3. The van der Waals surface area contributed by atoms with Crippen LogP contribution in [0.1, 0.15) is 34.2 Å². The van der Waals surface area contributed by atoms with Crippen LogP contribution in [0.25, 0.3) is 0 Å². The van der Waals surface area contributed by atoms with Crippen molar-refractivity contribution < 1.29 is 22.7 Å². The zero-order valence-corrected chi connectivity index (χ0v) is 19.2. The number of nitriles is 1. The molecule has 0 saturated carbocycles. The molecule has 0 spiro atoms. The number of rotatable bonds is 10. The molecular weight excluding hydrogens is 458 g/mol. The molecule has 1 amide bonds. The number of aryl methyl sites for hydroxylation is 1. The molecule has 11 heteroatoms. The first kappa shape index (κ1) is 24.6. The Hall–Kier alpha value is -4.01. The van der Waals surface area contributed by atoms with Gasteiger partial charge in [0.05, 0.1) is 16.5 Å². The minimum atomic E-state index is -3.79. The van der Waals surface area contributed by atoms with Gasteiger partial charge < -0.3 is 14.6 Å². The molecule has 34 heavy (non-hydrogen) atoms. The van der Waals surface area contributed by atoms with Crippen LogP contribution in [0, 0.1) is 11.3 Å². The summed E-state index contributed by atoms with van der Waals surface area (Å²) in [5.74, 6) is -0.679. The van der Waals surface area contributed by atoms with Gasteiger partial charge in [-0.25, -0.2) is 22.9 Å². The highest BCUT2D eigenvalue weighted by Crippen LogP contribution is 2.20. The van der Waals surface area contributed by atoms with E-state index >= 15 is 0 Å². The molecule has 2 N–H and O–H groups in total. The number of hydrogen-bond donors (Lipinski definition) is 2. The summed E-state index contributed by atoms with van der Waals surface area (Å²) in [5, 5.41) is 11.3. The molecule has 0 aliphatic heterocycles. The fourth-order valence-corrected chi connectivity index (χ4v) is 4.14. The molecule has 0 saturated heterocycles. The highest BCUT2D eigenvalue weighted by atomic mass is 32.2. The number of esters is 1. The number of benzene rings is 2. The number of carbonyl (C=O) groups excluding carboxylic acids is 2. The third kappa shape index (κ3) is 6.28. The van der Waals surface area contributed by atoms with Gasteiger partial charge in [0.25, 0.3) is 5.91 Å². The number of imidazole rings is 1. The van der Waals surface area contributed by atoms with E-state index in [0.29, 0.717) is 5.82 Å². The number of sulfonamides is 1. The van der Waals surface area contributed by atoms with Crippen molar-refractivity contribution in [3.63, 3.8) is 0 Å². The Kier molecular flexibility index (Phi) is 8.13. The molecule has 1 heterocycles. The number of carbonyl (C=O) groups is 2. The normalized spacial score (nSPS) is 11.9. The molecule has 3 rings (SSSR count). The first-order valence-electron chi connectivity index (χ1n) is 10.3. The summed E-state index contributed by atoms with van der Waals surface area (Å²) in [6, 6.07) is 15.7. The minimum Gasteiger partial charge on any atom is -0.452 e. The molecule has 1 aromatic heterocycles. The molecule has 10 nitrogen and oxygen atoms in total. The van der Waals surface area contributed by atoms with Crippen molar-refractivity contribution in [1.29, 1.82) is 5.26 Å². The van der Waals surface area contributed by atoms with Gasteiger partial charge in [-0.05, 0) is 29.8 Å². The van der Waals surface area contributed by atoms with Gasteiger partial charge in [-0.15, -0.1) is 0 Å². The number of ether oxygens (including phenoxy) is 1. The molecule has 176 valence electrons. The van der Waals surface area contributed by atoms with Gasteiger partial charge in [0.1, 0.15) is 11.9 Å². The van der Waals surface area contributed by atoms with Crippen molar-refractivity contribution >= 4 is 21.9 Å². The van der Waals surface area contributed by atoms with Crippen LogP contribution in [-0.4, -0.2) is 43.0 Å². The second-order valence-electron chi connectivity index (χ2n) is 7.21. The van der Waals surface area contributed by atoms with Gasteiger partial charge in [0.15, 0.2) is 6.61 Å². The molecule has 0 radical (unpaired) electrons. The summed E-state index contributed by atoms with van der Waals surface area (Å²) in [4.78, 5) is 29.1. The van der Waals surface area contributed by atoms with Crippen LogP contribution in [0.2, 0.25) is 0 Å². The summed E-state index contributed by atoms with van der Waals surface area (Å²) in [7, 11) is -1.98. The summed E-state index contributed by atoms with van der Waals surface area (Å²) in [5.41, 5.74) is 0.907. The van der Waals surface area contributed by atoms with Gasteiger partial charge >= 0.3 is 5.97 Å². The Balaban J connectivity index is 1.61. The van der Waals surface area contributed by atoms with Gasteiger partial charge in [-0.2, -0.15) is 5.26 Å². The second-order valence-corrected chi connectivity index (χ2v) is 8.98. The van der Waals surface area contributed by atoms with E-state index in [2.05, 4.69) is 15.0 Å². The molecule has 1 unspecified atom stereocenters. The van der Waals surface area contributed by atoms with E-state index in [9.17, 15) is 18.0 Å². The predicted molar refractivity (Wildman–Crippen MR) is 122 cm³/mol. The number of nitrogens with one attached hydrogen (secondary N) is 2. The zero-order chi connectivity index (χ0) is 24.6. The predicted octanol–water partition coefficient (Wildman–Crippen LogP) is 1.67. The van der Waals surface area contributed by atoms with E-state index in [1.165, 1.54) is 24.3 Å². The van der Waals surface area contributed by atoms with Gasteiger partial charge in [-0.3, -0.25) is 4.79 Å². The van der Waals surface area contributed by atoms with E-state index < -0.39 is 34.5 Å². The third-order valence-electron chi connectivity index (χ3n) is 4.82. The van der Waals surface area contributed by atoms with Crippen molar-refractivity contribution in [3.8, 4) is 6.07 Å². The standard InChI is InChI=1S/C23H23N5O5S/c1-28-15-14-25-22(28)21(17-6-3-2-4-7-17)27-20(29)16-33-23(30)18-8-10-19(11-9-18)34(31,32)26-13-5-12-24/h2-4,6-11,14-15,21,26H,5,13,16H2,1H3,(H,27,29). The summed E-state index contributed by atoms with van der Waals surface area (Å²) in [6.07, 6.45) is 3.43. The monoisotopic (exact) mass is 481 g/mol. The third-order valence-corrected chi connectivity index (χ3v) is 6.30. The van der Waals surface area contributed by atoms with Gasteiger partial charge in [0.2, 0.25) is 10.0 Å². The molecule has 2 aromatic carbocycles. The first-order valence-corrected chi connectivity index (χ1v) is 11.8. The summed E-state index contributed by atoms with van der Waals surface area (Å²) in [6.45, 7) is -0.539. The van der Waals surface area contributed by atoms with E-state index in [0.717, 1.165) is 5.56 Å². The lowest BCUT2D eigenvalue weighted by Crippen LogP contribution is -2.34. The maximum Gasteiger partial charge on any atom is 0.338 e. The fraction of sp³-hybridized carbons (Fsp3) is 0.217. The molecular formula is C23H23N5O5S. The second kappa shape index (κ2) is 11.2. The van der Waals surface area contributed by atoms with E-state index in [-0.39, 0.29) is 23.4 Å². The van der Waals surface area contributed by atoms with E-state index in [1.807, 2.05) is 43.4 Å². The number of nitrogens with zero attached hydrogens (tertiary/aromatic N) is 3. The number of hydrogen-bond acceptors (Lipinski definition) is 7. The molecule has 0 aliphatic carbocycles. The Bertz CT molecular complexity index is 1280. The topological polar surface area (TPSA) is 143 Å². The molecule has 1 atom stereocenters. The van der Waals surface area contributed by atoms with Crippen LogP contribution in [0.4, 0.5) is 0 Å². The Morgan fingerprint density at radius 3 is 2.47 bits per heavy atom. The lowest BCUT2D eigenvalue weighted by atomic mass is 10.1. The Morgan fingerprint density at radius 2 is 1.85 bits per heavy atom. The lowest BCUT2D eigenvalue weighted by Gasteiger charge is -2.19. The van der Waals surface area contributed by atoms with Crippen LogP contribution in [0.15, 0.2) is 71.9 Å². The van der Waals surface area contributed by atoms with Crippen molar-refractivity contribution in [2.75, 3.05) is 13.2 Å². The van der Waals surface area contributed by atoms with Crippen LogP contribution >= 0.6 is 0 Å². The molecule has 0 bridgehead atoms. The molecule has 0 aliphatic rings. The Morgan fingerprint density at radius 1 is 1.15 bits per heavy atom. The van der Waals surface area contributed by atoms with Gasteiger partial charge in [-0.1, -0.05) is 30.3 Å². The lowest BCUT2D eigenvalue weighted by molar-refractivity contribution is -0.124. The van der Waals surface area contributed by atoms with Crippen LogP contribution in [0.5, 0.6) is 0 Å². The maximum atomic E-state index is 12.5. The zero-order valence-electron chi connectivity index (χ0n) is 18.3. The van der Waals surface area contributed by atoms with Crippen LogP contribution < -0.4 is 10.0 Å². The average Bonchev–Trinajstić information content (AvgIpc) is 3.27. The minimum absolute atomic E-state index is 0.0139. The van der Waals surface area contributed by atoms with Crippen LogP contribution in [-0.2, 0) is 26.6 Å². The van der Waals surface area contributed by atoms with Gasteiger partial charge in [0, 0.05) is 32.4 Å². The summed E-state index contributed by atoms with van der Waals surface area (Å²) < 4.78 is 33.5. The SMILES string of the molecule is Cn1ccnc1C(NC(=O)COC(=O)c1ccc(S(=O)(=O)NCCC#N)cc1)c1ccccc1. The smallest absolute Gasteiger partial charge is 0.338 e. The highest BCUT2D eigenvalue weighted by molar-refractivity contribution is 7.89.